The average molecular weight is 381 g/mol. The molecule has 0 aliphatic carbocycles. The van der Waals surface area contributed by atoms with Crippen LogP contribution in [-0.2, 0) is 16.1 Å². The van der Waals surface area contributed by atoms with Crippen molar-refractivity contribution in [2.45, 2.75) is 46.2 Å². The minimum atomic E-state index is -0.816. The summed E-state index contributed by atoms with van der Waals surface area (Å²) in [5.74, 6) is -1.45. The Balaban J connectivity index is 1.97. The first kappa shape index (κ1) is 21.2. The van der Waals surface area contributed by atoms with Crippen molar-refractivity contribution in [2.24, 2.45) is 0 Å². The smallest absolute Gasteiger partial charge is 0.313 e. The molecule has 28 heavy (non-hydrogen) atoms. The second-order valence-electron chi connectivity index (χ2n) is 7.21. The second kappa shape index (κ2) is 9.69. The van der Waals surface area contributed by atoms with E-state index in [0.29, 0.717) is 17.2 Å². The minimum Gasteiger partial charge on any atom is -0.350 e. The summed E-state index contributed by atoms with van der Waals surface area (Å²) in [6.07, 6.45) is 0. The third-order valence-electron chi connectivity index (χ3n) is 4.15. The normalized spacial score (nSPS) is 10.6. The lowest BCUT2D eigenvalue weighted by molar-refractivity contribution is -0.136. The number of anilines is 1. The summed E-state index contributed by atoms with van der Waals surface area (Å²) in [6, 6.07) is 14.4. The van der Waals surface area contributed by atoms with Crippen molar-refractivity contribution in [3.8, 4) is 0 Å². The first-order valence-corrected chi connectivity index (χ1v) is 9.35. The van der Waals surface area contributed by atoms with Crippen LogP contribution in [0.2, 0.25) is 0 Å². The van der Waals surface area contributed by atoms with Gasteiger partial charge in [-0.25, -0.2) is 0 Å². The van der Waals surface area contributed by atoms with Gasteiger partial charge in [0.15, 0.2) is 0 Å². The number of hydrogen-bond acceptors (Lipinski definition) is 3. The summed E-state index contributed by atoms with van der Waals surface area (Å²) in [4.78, 5) is 36.6. The summed E-state index contributed by atoms with van der Waals surface area (Å²) in [5.41, 5.74) is 2.72. The molecule has 0 fully saturated rings. The molecule has 0 spiro atoms. The number of nitrogens with one attached hydrogen (secondary N) is 3. The summed E-state index contributed by atoms with van der Waals surface area (Å²) in [6.45, 7) is 8.17. The van der Waals surface area contributed by atoms with E-state index in [4.69, 9.17) is 0 Å². The standard InChI is InChI=1S/C22H27N3O3/c1-14(2)17-11-9-16(10-12-17)13-23-21(27)22(28)25-19-8-6-5-7-18(19)20(26)24-15(3)4/h5-12,14-15H,13H2,1-4H3,(H,23,27)(H,24,26)(H,25,28). The molecule has 0 aliphatic heterocycles. The van der Waals surface area contributed by atoms with Crippen molar-refractivity contribution in [1.29, 1.82) is 0 Å². The van der Waals surface area contributed by atoms with Gasteiger partial charge in [-0.3, -0.25) is 14.4 Å². The molecule has 0 aromatic heterocycles. The number of hydrogen-bond donors (Lipinski definition) is 3. The quantitative estimate of drug-likeness (QED) is 0.672. The van der Waals surface area contributed by atoms with E-state index in [0.717, 1.165) is 5.56 Å². The van der Waals surface area contributed by atoms with E-state index in [1.54, 1.807) is 24.3 Å². The molecule has 0 heterocycles. The summed E-state index contributed by atoms with van der Waals surface area (Å²) >= 11 is 0. The molecule has 6 nitrogen and oxygen atoms in total. The van der Waals surface area contributed by atoms with E-state index < -0.39 is 11.8 Å². The van der Waals surface area contributed by atoms with Gasteiger partial charge < -0.3 is 16.0 Å². The fraction of sp³-hybridized carbons (Fsp3) is 0.318. The first-order valence-electron chi connectivity index (χ1n) is 9.35. The average Bonchev–Trinajstić information content (AvgIpc) is 2.66. The van der Waals surface area contributed by atoms with Gasteiger partial charge in [0.2, 0.25) is 0 Å². The van der Waals surface area contributed by atoms with Crippen molar-refractivity contribution in [2.75, 3.05) is 5.32 Å². The Hall–Kier alpha value is -3.15. The van der Waals surface area contributed by atoms with Crippen molar-refractivity contribution in [3.63, 3.8) is 0 Å². The third-order valence-corrected chi connectivity index (χ3v) is 4.15. The largest absolute Gasteiger partial charge is 0.350 e. The van der Waals surface area contributed by atoms with Crippen LogP contribution in [0.3, 0.4) is 0 Å². The zero-order valence-electron chi connectivity index (χ0n) is 16.7. The van der Waals surface area contributed by atoms with Gasteiger partial charge in [-0.2, -0.15) is 0 Å². The van der Waals surface area contributed by atoms with Gasteiger partial charge in [0.25, 0.3) is 5.91 Å². The number of carbonyl (C=O) groups excluding carboxylic acids is 3. The Morgan fingerprint density at radius 1 is 0.857 bits per heavy atom. The maximum atomic E-state index is 12.3. The molecular weight excluding hydrogens is 354 g/mol. The van der Waals surface area contributed by atoms with Crippen molar-refractivity contribution in [3.05, 3.63) is 65.2 Å². The Kier molecular flexibility index (Phi) is 7.32. The Morgan fingerprint density at radius 3 is 2.11 bits per heavy atom. The molecular formula is C22H27N3O3. The lowest BCUT2D eigenvalue weighted by Gasteiger charge is -2.13. The zero-order chi connectivity index (χ0) is 20.7. The van der Waals surface area contributed by atoms with Gasteiger partial charge in [-0.1, -0.05) is 50.2 Å². The Bertz CT molecular complexity index is 842. The van der Waals surface area contributed by atoms with Crippen molar-refractivity contribution in [1.82, 2.24) is 10.6 Å². The number of amides is 3. The Labute approximate surface area is 165 Å². The highest BCUT2D eigenvalue weighted by Crippen LogP contribution is 2.16. The van der Waals surface area contributed by atoms with E-state index >= 15 is 0 Å². The molecule has 0 unspecified atom stereocenters. The first-order chi connectivity index (χ1) is 13.3. The molecule has 0 bridgehead atoms. The molecule has 6 heteroatoms. The highest BCUT2D eigenvalue weighted by atomic mass is 16.2. The van der Waals surface area contributed by atoms with E-state index in [2.05, 4.69) is 29.8 Å². The molecule has 2 aromatic carbocycles. The van der Waals surface area contributed by atoms with E-state index in [1.165, 1.54) is 5.56 Å². The van der Waals surface area contributed by atoms with Crippen LogP contribution in [0.15, 0.2) is 48.5 Å². The molecule has 0 saturated carbocycles. The van der Waals surface area contributed by atoms with Crippen LogP contribution in [0, 0.1) is 0 Å². The number of carbonyl (C=O) groups is 3. The lowest BCUT2D eigenvalue weighted by atomic mass is 10.0. The SMILES string of the molecule is CC(C)NC(=O)c1ccccc1NC(=O)C(=O)NCc1ccc(C(C)C)cc1. The highest BCUT2D eigenvalue weighted by molar-refractivity contribution is 6.40. The zero-order valence-corrected chi connectivity index (χ0v) is 16.7. The number of rotatable bonds is 6. The van der Waals surface area contributed by atoms with Crippen LogP contribution in [-0.4, -0.2) is 23.8 Å². The van der Waals surface area contributed by atoms with Crippen LogP contribution in [0.1, 0.15) is 55.1 Å². The van der Waals surface area contributed by atoms with Crippen molar-refractivity contribution < 1.29 is 14.4 Å². The van der Waals surface area contributed by atoms with Crippen LogP contribution in [0.4, 0.5) is 5.69 Å². The predicted molar refractivity (Wildman–Crippen MR) is 110 cm³/mol. The third kappa shape index (κ3) is 5.94. The molecule has 3 amide bonds. The van der Waals surface area contributed by atoms with E-state index in [-0.39, 0.29) is 18.5 Å². The predicted octanol–water partition coefficient (Wildman–Crippen LogP) is 3.20. The Morgan fingerprint density at radius 2 is 1.50 bits per heavy atom. The van der Waals surface area contributed by atoms with Gasteiger partial charge in [-0.05, 0) is 43.0 Å². The van der Waals surface area contributed by atoms with Gasteiger partial charge in [0.05, 0.1) is 11.3 Å². The second-order valence-corrected chi connectivity index (χ2v) is 7.21. The molecule has 0 radical (unpaired) electrons. The number of para-hydroxylation sites is 1. The molecule has 0 saturated heterocycles. The molecule has 2 rings (SSSR count). The van der Waals surface area contributed by atoms with Gasteiger partial charge >= 0.3 is 11.8 Å². The summed E-state index contributed by atoms with van der Waals surface area (Å²) < 4.78 is 0. The molecule has 0 atom stereocenters. The lowest BCUT2D eigenvalue weighted by Crippen LogP contribution is -2.36. The molecule has 3 N–H and O–H groups in total. The monoisotopic (exact) mass is 381 g/mol. The van der Waals surface area contributed by atoms with Crippen LogP contribution in [0.25, 0.3) is 0 Å². The summed E-state index contributed by atoms with van der Waals surface area (Å²) in [7, 11) is 0. The fourth-order valence-corrected chi connectivity index (χ4v) is 2.59. The topological polar surface area (TPSA) is 87.3 Å². The van der Waals surface area contributed by atoms with Crippen LogP contribution >= 0.6 is 0 Å². The maximum Gasteiger partial charge on any atom is 0.313 e. The molecule has 0 aliphatic rings. The van der Waals surface area contributed by atoms with Gasteiger partial charge in [-0.15, -0.1) is 0 Å². The minimum absolute atomic E-state index is 0.0401. The van der Waals surface area contributed by atoms with Crippen LogP contribution < -0.4 is 16.0 Å². The van der Waals surface area contributed by atoms with Gasteiger partial charge in [0, 0.05) is 12.6 Å². The fourth-order valence-electron chi connectivity index (χ4n) is 2.59. The van der Waals surface area contributed by atoms with Crippen LogP contribution in [0.5, 0.6) is 0 Å². The number of benzene rings is 2. The maximum absolute atomic E-state index is 12.3. The molecule has 2 aromatic rings. The highest BCUT2D eigenvalue weighted by Gasteiger charge is 2.18. The summed E-state index contributed by atoms with van der Waals surface area (Å²) in [5, 5.41) is 7.88. The van der Waals surface area contributed by atoms with E-state index in [1.807, 2.05) is 38.1 Å². The van der Waals surface area contributed by atoms with Gasteiger partial charge in [0.1, 0.15) is 0 Å². The van der Waals surface area contributed by atoms with Crippen molar-refractivity contribution >= 4 is 23.4 Å². The van der Waals surface area contributed by atoms with E-state index in [9.17, 15) is 14.4 Å². The molecule has 148 valence electrons.